The van der Waals surface area contributed by atoms with Crippen molar-refractivity contribution in [2.45, 2.75) is 70.5 Å². The molecule has 1 aromatic heterocycles. The number of likely N-dealkylation sites (tertiary alicyclic amines) is 2. The van der Waals surface area contributed by atoms with Crippen molar-refractivity contribution in [3.8, 4) is 0 Å². The number of hydrogen-bond acceptors (Lipinski definition) is 2. The normalized spacial score (nSPS) is 28.7. The van der Waals surface area contributed by atoms with Crippen LogP contribution in [0.1, 0.15) is 66.3 Å². The largest absolute Gasteiger partial charge is 0.345 e. The van der Waals surface area contributed by atoms with Crippen molar-refractivity contribution >= 4 is 5.91 Å². The van der Waals surface area contributed by atoms with E-state index in [2.05, 4.69) is 41.3 Å². The number of carbonyl (C=O) groups is 1. The van der Waals surface area contributed by atoms with E-state index in [1.807, 2.05) is 0 Å². The Hall–Kier alpha value is -1.29. The molecule has 1 saturated carbocycles. The molecule has 4 rings (SSSR count). The monoisotopic (exact) mass is 315 g/mol. The lowest BCUT2D eigenvalue weighted by Crippen LogP contribution is -2.47. The van der Waals surface area contributed by atoms with E-state index < -0.39 is 0 Å². The van der Waals surface area contributed by atoms with E-state index in [0.29, 0.717) is 18.1 Å². The standard InChI is InChI=1S/C19H29N3O/c1-13-12-16(14(2)22(13)15-8-9-15)19(23)21-11-5-7-18(21)17-6-4-10-20(17)3/h12,15,17-18H,4-11H2,1-3H3. The number of hydrogen-bond donors (Lipinski definition) is 0. The molecule has 3 heterocycles. The van der Waals surface area contributed by atoms with Crippen molar-refractivity contribution in [3.63, 3.8) is 0 Å². The first-order chi connectivity index (χ1) is 11.1. The molecular weight excluding hydrogens is 286 g/mol. The van der Waals surface area contributed by atoms with Gasteiger partial charge in [-0.3, -0.25) is 4.79 Å². The van der Waals surface area contributed by atoms with E-state index in [4.69, 9.17) is 0 Å². The molecule has 1 aromatic rings. The fourth-order valence-electron chi connectivity index (χ4n) is 4.91. The lowest BCUT2D eigenvalue weighted by Gasteiger charge is -2.33. The molecule has 2 saturated heterocycles. The summed E-state index contributed by atoms with van der Waals surface area (Å²) < 4.78 is 2.39. The number of aryl methyl sites for hydroxylation is 1. The lowest BCUT2D eigenvalue weighted by atomic mass is 10.0. The summed E-state index contributed by atoms with van der Waals surface area (Å²) >= 11 is 0. The minimum absolute atomic E-state index is 0.271. The molecule has 126 valence electrons. The van der Waals surface area contributed by atoms with Gasteiger partial charge in [-0.2, -0.15) is 0 Å². The van der Waals surface area contributed by atoms with Crippen LogP contribution in [0.25, 0.3) is 0 Å². The van der Waals surface area contributed by atoms with Gasteiger partial charge in [0.05, 0.1) is 5.56 Å². The van der Waals surface area contributed by atoms with Crippen LogP contribution in [0.2, 0.25) is 0 Å². The molecule has 4 nitrogen and oxygen atoms in total. The summed E-state index contributed by atoms with van der Waals surface area (Å²) in [6.07, 6.45) is 7.37. The van der Waals surface area contributed by atoms with Gasteiger partial charge in [-0.1, -0.05) is 0 Å². The topological polar surface area (TPSA) is 28.5 Å². The molecule has 4 heteroatoms. The van der Waals surface area contributed by atoms with Crippen molar-refractivity contribution in [3.05, 3.63) is 23.0 Å². The predicted octanol–water partition coefficient (Wildman–Crippen LogP) is 3.14. The maximum Gasteiger partial charge on any atom is 0.255 e. The van der Waals surface area contributed by atoms with E-state index >= 15 is 0 Å². The molecular formula is C19H29N3O. The fourth-order valence-corrected chi connectivity index (χ4v) is 4.91. The molecule has 3 fully saturated rings. The first-order valence-electron chi connectivity index (χ1n) is 9.27. The molecule has 0 radical (unpaired) electrons. The van der Waals surface area contributed by atoms with Gasteiger partial charge in [0.1, 0.15) is 0 Å². The molecule has 3 aliphatic rings. The Morgan fingerprint density at radius 1 is 1.04 bits per heavy atom. The number of amides is 1. The highest BCUT2D eigenvalue weighted by Crippen LogP contribution is 2.39. The molecule has 23 heavy (non-hydrogen) atoms. The average Bonchev–Trinajstić information content (AvgIpc) is 2.95. The molecule has 0 N–H and O–H groups in total. The minimum Gasteiger partial charge on any atom is -0.345 e. The van der Waals surface area contributed by atoms with Gasteiger partial charge in [0, 0.05) is 36.1 Å². The highest BCUT2D eigenvalue weighted by Gasteiger charge is 2.39. The first-order valence-corrected chi connectivity index (χ1v) is 9.27. The molecule has 2 aliphatic heterocycles. The second-order valence-corrected chi connectivity index (χ2v) is 7.78. The summed E-state index contributed by atoms with van der Waals surface area (Å²) in [5.74, 6) is 0.271. The Kier molecular flexibility index (Phi) is 3.75. The zero-order chi connectivity index (χ0) is 16.1. The maximum absolute atomic E-state index is 13.2. The van der Waals surface area contributed by atoms with Crippen molar-refractivity contribution in [1.82, 2.24) is 14.4 Å². The van der Waals surface area contributed by atoms with Crippen LogP contribution in [0, 0.1) is 13.8 Å². The highest BCUT2D eigenvalue weighted by molar-refractivity contribution is 5.96. The van der Waals surface area contributed by atoms with Crippen LogP contribution in [0.15, 0.2) is 6.07 Å². The second-order valence-electron chi connectivity index (χ2n) is 7.78. The molecule has 0 spiro atoms. The van der Waals surface area contributed by atoms with E-state index in [-0.39, 0.29) is 5.91 Å². The Balaban J connectivity index is 1.59. The van der Waals surface area contributed by atoms with Crippen molar-refractivity contribution in [2.75, 3.05) is 20.1 Å². The molecule has 0 bridgehead atoms. The average molecular weight is 315 g/mol. The smallest absolute Gasteiger partial charge is 0.255 e. The van der Waals surface area contributed by atoms with Gasteiger partial charge < -0.3 is 14.4 Å². The van der Waals surface area contributed by atoms with Gasteiger partial charge in [-0.15, -0.1) is 0 Å². The molecule has 1 aliphatic carbocycles. The molecule has 0 aromatic carbocycles. The fraction of sp³-hybridized carbons (Fsp3) is 0.737. The van der Waals surface area contributed by atoms with E-state index in [9.17, 15) is 4.79 Å². The van der Waals surface area contributed by atoms with Crippen LogP contribution >= 0.6 is 0 Å². The third-order valence-electron chi connectivity index (χ3n) is 6.21. The van der Waals surface area contributed by atoms with Crippen LogP contribution in [0.5, 0.6) is 0 Å². The Morgan fingerprint density at radius 3 is 2.39 bits per heavy atom. The van der Waals surface area contributed by atoms with Crippen LogP contribution in [-0.4, -0.2) is 52.5 Å². The van der Waals surface area contributed by atoms with Crippen LogP contribution in [0.4, 0.5) is 0 Å². The summed E-state index contributed by atoms with van der Waals surface area (Å²) in [6.45, 7) is 6.39. The van der Waals surface area contributed by atoms with Gasteiger partial charge in [0.2, 0.25) is 0 Å². The zero-order valence-corrected chi connectivity index (χ0v) is 14.7. The zero-order valence-electron chi connectivity index (χ0n) is 14.7. The van der Waals surface area contributed by atoms with E-state index in [0.717, 1.165) is 18.5 Å². The summed E-state index contributed by atoms with van der Waals surface area (Å²) in [5.41, 5.74) is 3.38. The SMILES string of the molecule is Cc1cc(C(=O)N2CCCC2C2CCCN2C)c(C)n1C1CC1. The predicted molar refractivity (Wildman–Crippen MR) is 91.9 cm³/mol. The van der Waals surface area contributed by atoms with Crippen LogP contribution < -0.4 is 0 Å². The van der Waals surface area contributed by atoms with Crippen molar-refractivity contribution in [2.24, 2.45) is 0 Å². The molecule has 1 amide bonds. The number of rotatable bonds is 3. The molecule has 2 atom stereocenters. The number of nitrogens with zero attached hydrogens (tertiary/aromatic N) is 3. The first kappa shape index (κ1) is 15.3. The van der Waals surface area contributed by atoms with Gasteiger partial charge >= 0.3 is 0 Å². The van der Waals surface area contributed by atoms with E-state index in [1.165, 1.54) is 50.0 Å². The van der Waals surface area contributed by atoms with Gasteiger partial charge in [-0.25, -0.2) is 0 Å². The van der Waals surface area contributed by atoms with Crippen LogP contribution in [0.3, 0.4) is 0 Å². The Bertz CT molecular complexity index is 616. The van der Waals surface area contributed by atoms with Crippen molar-refractivity contribution in [1.29, 1.82) is 0 Å². The quantitative estimate of drug-likeness (QED) is 0.857. The van der Waals surface area contributed by atoms with E-state index in [1.54, 1.807) is 0 Å². The third-order valence-corrected chi connectivity index (χ3v) is 6.21. The minimum atomic E-state index is 0.271. The molecule has 2 unspecified atom stereocenters. The lowest BCUT2D eigenvalue weighted by molar-refractivity contribution is 0.0663. The van der Waals surface area contributed by atoms with Crippen LogP contribution in [-0.2, 0) is 0 Å². The summed E-state index contributed by atoms with van der Waals surface area (Å²) in [5, 5.41) is 0. The highest BCUT2D eigenvalue weighted by atomic mass is 16.2. The second kappa shape index (κ2) is 5.66. The third kappa shape index (κ3) is 2.51. The summed E-state index contributed by atoms with van der Waals surface area (Å²) in [4.78, 5) is 17.9. The number of carbonyl (C=O) groups excluding carboxylic acids is 1. The van der Waals surface area contributed by atoms with Gasteiger partial charge in [-0.05, 0) is 72.0 Å². The summed E-state index contributed by atoms with van der Waals surface area (Å²) in [6, 6.07) is 3.75. The number of aromatic nitrogens is 1. The Morgan fingerprint density at radius 2 is 1.74 bits per heavy atom. The Labute approximate surface area is 139 Å². The van der Waals surface area contributed by atoms with Crippen molar-refractivity contribution < 1.29 is 4.79 Å². The van der Waals surface area contributed by atoms with Gasteiger partial charge in [0.25, 0.3) is 5.91 Å². The van der Waals surface area contributed by atoms with Gasteiger partial charge in [0.15, 0.2) is 0 Å². The number of likely N-dealkylation sites (N-methyl/N-ethyl adjacent to an activating group) is 1. The summed E-state index contributed by atoms with van der Waals surface area (Å²) in [7, 11) is 2.22. The maximum atomic E-state index is 13.2.